The minimum atomic E-state index is 0.282. The zero-order chi connectivity index (χ0) is 8.85. The number of halogens is 1. The molecular formula is C9H19ClO. The van der Waals surface area contributed by atoms with E-state index in [2.05, 4.69) is 13.8 Å². The molecule has 0 aliphatic heterocycles. The normalized spacial score (nSPS) is 19.4. The highest BCUT2D eigenvalue weighted by Crippen LogP contribution is 2.19. The molecule has 0 rings (SSSR count). The maximum absolute atomic E-state index is 5.88. The Morgan fingerprint density at radius 3 is 2.09 bits per heavy atom. The summed E-state index contributed by atoms with van der Waals surface area (Å²) in [7, 11) is 1.74. The summed E-state index contributed by atoms with van der Waals surface area (Å²) < 4.78 is 5.06. The third-order valence-corrected chi connectivity index (χ3v) is 2.28. The lowest BCUT2D eigenvalue weighted by Crippen LogP contribution is -2.16. The summed E-state index contributed by atoms with van der Waals surface area (Å²) in [4.78, 5) is 0. The minimum absolute atomic E-state index is 0.282. The van der Waals surface area contributed by atoms with Crippen LogP contribution >= 0.6 is 11.6 Å². The first kappa shape index (κ1) is 11.2. The molecule has 0 spiro atoms. The topological polar surface area (TPSA) is 9.23 Å². The zero-order valence-electron chi connectivity index (χ0n) is 7.93. The highest BCUT2D eigenvalue weighted by atomic mass is 35.5. The van der Waals surface area contributed by atoms with Gasteiger partial charge in [-0.05, 0) is 25.2 Å². The molecule has 0 aromatic rings. The SMILES string of the molecule is COCC(C)C(C)CC(C)Cl. The van der Waals surface area contributed by atoms with Gasteiger partial charge in [0.1, 0.15) is 0 Å². The van der Waals surface area contributed by atoms with E-state index in [0.717, 1.165) is 13.0 Å². The fraction of sp³-hybridized carbons (Fsp3) is 1.00. The van der Waals surface area contributed by atoms with Crippen molar-refractivity contribution in [2.24, 2.45) is 11.8 Å². The zero-order valence-corrected chi connectivity index (χ0v) is 8.69. The average molecular weight is 179 g/mol. The van der Waals surface area contributed by atoms with Gasteiger partial charge in [0.2, 0.25) is 0 Å². The van der Waals surface area contributed by atoms with E-state index >= 15 is 0 Å². The molecule has 3 atom stereocenters. The predicted octanol–water partition coefficient (Wildman–Crippen LogP) is 2.92. The highest BCUT2D eigenvalue weighted by molar-refractivity contribution is 6.20. The van der Waals surface area contributed by atoms with E-state index in [1.165, 1.54) is 0 Å². The third-order valence-electron chi connectivity index (χ3n) is 2.10. The van der Waals surface area contributed by atoms with Crippen molar-refractivity contribution >= 4 is 11.6 Å². The van der Waals surface area contributed by atoms with E-state index in [9.17, 15) is 0 Å². The first-order valence-electron chi connectivity index (χ1n) is 4.21. The second-order valence-electron chi connectivity index (χ2n) is 3.43. The molecule has 0 aliphatic rings. The van der Waals surface area contributed by atoms with Crippen LogP contribution in [0.4, 0.5) is 0 Å². The lowest BCUT2D eigenvalue weighted by molar-refractivity contribution is 0.131. The number of hydrogen-bond acceptors (Lipinski definition) is 1. The van der Waals surface area contributed by atoms with Crippen molar-refractivity contribution in [2.75, 3.05) is 13.7 Å². The molecule has 0 aromatic carbocycles. The van der Waals surface area contributed by atoms with Crippen molar-refractivity contribution in [1.82, 2.24) is 0 Å². The van der Waals surface area contributed by atoms with Crippen LogP contribution in [0, 0.1) is 11.8 Å². The summed E-state index contributed by atoms with van der Waals surface area (Å²) in [5, 5.41) is 0.282. The molecule has 68 valence electrons. The summed E-state index contributed by atoms with van der Waals surface area (Å²) in [6, 6.07) is 0. The van der Waals surface area contributed by atoms with Gasteiger partial charge in [-0.3, -0.25) is 0 Å². The first-order valence-corrected chi connectivity index (χ1v) is 4.64. The van der Waals surface area contributed by atoms with Crippen LogP contribution in [0.25, 0.3) is 0 Å². The molecule has 0 aliphatic carbocycles. The van der Waals surface area contributed by atoms with Gasteiger partial charge < -0.3 is 4.74 Å². The highest BCUT2D eigenvalue weighted by Gasteiger charge is 2.13. The molecule has 11 heavy (non-hydrogen) atoms. The van der Waals surface area contributed by atoms with Gasteiger partial charge in [0.05, 0.1) is 0 Å². The van der Waals surface area contributed by atoms with E-state index in [0.29, 0.717) is 11.8 Å². The second-order valence-corrected chi connectivity index (χ2v) is 4.17. The number of methoxy groups -OCH3 is 1. The predicted molar refractivity (Wildman–Crippen MR) is 50.1 cm³/mol. The number of rotatable bonds is 5. The van der Waals surface area contributed by atoms with Gasteiger partial charge in [0.15, 0.2) is 0 Å². The molecule has 0 heterocycles. The molecule has 0 fully saturated rings. The molecular weight excluding hydrogens is 160 g/mol. The summed E-state index contributed by atoms with van der Waals surface area (Å²) >= 11 is 5.88. The third kappa shape index (κ3) is 5.51. The van der Waals surface area contributed by atoms with Gasteiger partial charge >= 0.3 is 0 Å². The maximum atomic E-state index is 5.88. The molecule has 2 heteroatoms. The summed E-state index contributed by atoms with van der Waals surface area (Å²) in [6.07, 6.45) is 1.08. The van der Waals surface area contributed by atoms with Gasteiger partial charge in [-0.25, -0.2) is 0 Å². The van der Waals surface area contributed by atoms with E-state index in [4.69, 9.17) is 16.3 Å². The minimum Gasteiger partial charge on any atom is -0.384 e. The van der Waals surface area contributed by atoms with E-state index < -0.39 is 0 Å². The Bertz CT molecular complexity index is 93.6. The van der Waals surface area contributed by atoms with E-state index in [1.54, 1.807) is 7.11 Å². The van der Waals surface area contributed by atoms with Crippen molar-refractivity contribution in [3.63, 3.8) is 0 Å². The molecule has 0 radical (unpaired) electrons. The summed E-state index contributed by atoms with van der Waals surface area (Å²) in [5.41, 5.74) is 0. The van der Waals surface area contributed by atoms with Crippen molar-refractivity contribution in [2.45, 2.75) is 32.6 Å². The van der Waals surface area contributed by atoms with Gasteiger partial charge in [-0.15, -0.1) is 11.6 Å². The van der Waals surface area contributed by atoms with Crippen LogP contribution in [0.3, 0.4) is 0 Å². The molecule has 3 unspecified atom stereocenters. The molecule has 1 nitrogen and oxygen atoms in total. The van der Waals surface area contributed by atoms with Crippen LogP contribution in [0.2, 0.25) is 0 Å². The number of alkyl halides is 1. The van der Waals surface area contributed by atoms with Crippen molar-refractivity contribution in [3.8, 4) is 0 Å². The number of hydrogen-bond donors (Lipinski definition) is 0. The van der Waals surface area contributed by atoms with Crippen LogP contribution < -0.4 is 0 Å². The lowest BCUT2D eigenvalue weighted by atomic mass is 9.92. The first-order chi connectivity index (χ1) is 5.07. The summed E-state index contributed by atoms with van der Waals surface area (Å²) in [6.45, 7) is 7.30. The van der Waals surface area contributed by atoms with E-state index in [-0.39, 0.29) is 5.38 Å². The maximum Gasteiger partial charge on any atom is 0.0490 e. The molecule has 0 N–H and O–H groups in total. The molecule has 0 saturated carbocycles. The van der Waals surface area contributed by atoms with Crippen LogP contribution in [-0.4, -0.2) is 19.1 Å². The second kappa shape index (κ2) is 5.84. The van der Waals surface area contributed by atoms with Gasteiger partial charge in [0, 0.05) is 19.1 Å². The van der Waals surface area contributed by atoms with Crippen LogP contribution in [0.15, 0.2) is 0 Å². The van der Waals surface area contributed by atoms with Crippen molar-refractivity contribution < 1.29 is 4.74 Å². The fourth-order valence-corrected chi connectivity index (χ4v) is 1.45. The van der Waals surface area contributed by atoms with Crippen molar-refractivity contribution in [1.29, 1.82) is 0 Å². The van der Waals surface area contributed by atoms with E-state index in [1.807, 2.05) is 6.92 Å². The van der Waals surface area contributed by atoms with Crippen LogP contribution in [0.1, 0.15) is 27.2 Å². The Kier molecular flexibility index (Phi) is 5.98. The van der Waals surface area contributed by atoms with Gasteiger partial charge in [0.25, 0.3) is 0 Å². The molecule has 0 amide bonds. The quantitative estimate of drug-likeness (QED) is 0.589. The van der Waals surface area contributed by atoms with Crippen LogP contribution in [-0.2, 0) is 4.74 Å². The van der Waals surface area contributed by atoms with Gasteiger partial charge in [-0.1, -0.05) is 13.8 Å². The molecule has 0 aromatic heterocycles. The van der Waals surface area contributed by atoms with Crippen molar-refractivity contribution in [3.05, 3.63) is 0 Å². The largest absolute Gasteiger partial charge is 0.384 e. The summed E-state index contributed by atoms with van der Waals surface area (Å²) in [5.74, 6) is 1.27. The average Bonchev–Trinajstić information content (AvgIpc) is 1.86. The standard InChI is InChI=1S/C9H19ClO/c1-7(5-9(3)10)8(2)6-11-4/h7-9H,5-6H2,1-4H3. The Morgan fingerprint density at radius 2 is 1.73 bits per heavy atom. The molecule has 0 bridgehead atoms. The Hall–Kier alpha value is 0.250. The molecule has 0 saturated heterocycles. The van der Waals surface area contributed by atoms with Gasteiger partial charge in [-0.2, -0.15) is 0 Å². The van der Waals surface area contributed by atoms with Crippen LogP contribution in [0.5, 0.6) is 0 Å². The fourth-order valence-electron chi connectivity index (χ4n) is 1.17. The Labute approximate surface area is 75.1 Å². The number of ether oxygens (including phenoxy) is 1. The smallest absolute Gasteiger partial charge is 0.0490 e. The Morgan fingerprint density at radius 1 is 1.18 bits per heavy atom. The Balaban J connectivity index is 3.54. The monoisotopic (exact) mass is 178 g/mol. The lowest BCUT2D eigenvalue weighted by Gasteiger charge is -2.19.